The van der Waals surface area contributed by atoms with Gasteiger partial charge in [0.25, 0.3) is 0 Å². The van der Waals surface area contributed by atoms with E-state index in [1.54, 1.807) is 11.8 Å². The van der Waals surface area contributed by atoms with Gasteiger partial charge in [0.2, 0.25) is 0 Å². The molecule has 1 unspecified atom stereocenters. The molecule has 1 heterocycles. The van der Waals surface area contributed by atoms with Gasteiger partial charge in [-0.05, 0) is 50.2 Å². The normalized spacial score (nSPS) is 17.3. The fourth-order valence-corrected chi connectivity index (χ4v) is 3.95. The molecule has 25 heavy (non-hydrogen) atoms. The number of alkyl halides is 3. The molecule has 0 saturated heterocycles. The number of nitrogens with zero attached hydrogens (tertiary/aromatic N) is 1. The van der Waals surface area contributed by atoms with Gasteiger partial charge in [0, 0.05) is 22.2 Å². The van der Waals surface area contributed by atoms with Crippen molar-refractivity contribution < 1.29 is 18.0 Å². The summed E-state index contributed by atoms with van der Waals surface area (Å²) in [6.45, 7) is -0.368. The van der Waals surface area contributed by atoms with Crippen LogP contribution in [0, 0.1) is 0 Å². The maximum atomic E-state index is 12.2. The van der Waals surface area contributed by atoms with Gasteiger partial charge in [-0.25, -0.2) is 4.79 Å². The van der Waals surface area contributed by atoms with Gasteiger partial charge in [0.1, 0.15) is 0 Å². The highest BCUT2D eigenvalue weighted by molar-refractivity contribution is 7.99. The van der Waals surface area contributed by atoms with Gasteiger partial charge in [-0.15, -0.1) is 11.8 Å². The first-order valence-corrected chi connectivity index (χ1v) is 9.33. The molecule has 0 bridgehead atoms. The third kappa shape index (κ3) is 6.95. The number of hydrogen-bond donors (Lipinski definition) is 2. The number of carbonyl (C=O) groups is 1. The Hall–Kier alpha value is -1.12. The van der Waals surface area contributed by atoms with Crippen molar-refractivity contribution in [1.29, 1.82) is 0 Å². The molecule has 1 aromatic rings. The Morgan fingerprint density at radius 3 is 2.92 bits per heavy atom. The first-order valence-electron chi connectivity index (χ1n) is 7.96. The van der Waals surface area contributed by atoms with Crippen molar-refractivity contribution in [3.8, 4) is 0 Å². The third-order valence-corrected chi connectivity index (χ3v) is 5.13. The maximum Gasteiger partial charge on any atom is 0.401 e. The second-order valence-corrected chi connectivity index (χ2v) is 7.55. The molecule has 9 heteroatoms. The summed E-state index contributed by atoms with van der Waals surface area (Å²) in [4.78, 5) is 14.3. The number of thioether (sulfide) groups is 1. The molecule has 1 atom stereocenters. The van der Waals surface area contributed by atoms with Crippen LogP contribution in [0.15, 0.2) is 23.1 Å². The van der Waals surface area contributed by atoms with Crippen LogP contribution in [-0.4, -0.2) is 49.5 Å². The van der Waals surface area contributed by atoms with Crippen molar-refractivity contribution >= 4 is 29.4 Å². The van der Waals surface area contributed by atoms with Gasteiger partial charge in [-0.2, -0.15) is 13.2 Å². The minimum absolute atomic E-state index is 0.108. The summed E-state index contributed by atoms with van der Waals surface area (Å²) in [5.74, 6) is 0.905. The van der Waals surface area contributed by atoms with E-state index in [1.807, 2.05) is 18.2 Å². The Bertz CT molecular complexity index is 600. The molecule has 2 rings (SSSR count). The number of hydrogen-bond acceptors (Lipinski definition) is 3. The summed E-state index contributed by atoms with van der Waals surface area (Å²) in [6.07, 6.45) is -2.95. The number of benzene rings is 1. The van der Waals surface area contributed by atoms with Crippen LogP contribution in [0.25, 0.3) is 0 Å². The molecule has 140 valence electrons. The topological polar surface area (TPSA) is 44.4 Å². The predicted octanol–water partition coefficient (Wildman–Crippen LogP) is 4.06. The van der Waals surface area contributed by atoms with Crippen LogP contribution in [0.2, 0.25) is 5.02 Å². The van der Waals surface area contributed by atoms with Crippen molar-refractivity contribution in [2.75, 3.05) is 32.4 Å². The number of fused-ring (bicyclic) bond motifs is 1. The van der Waals surface area contributed by atoms with Crippen LogP contribution in [0.4, 0.5) is 18.0 Å². The van der Waals surface area contributed by atoms with E-state index in [1.165, 1.54) is 11.9 Å². The van der Waals surface area contributed by atoms with Crippen LogP contribution < -0.4 is 10.6 Å². The minimum atomic E-state index is -4.20. The second-order valence-electron chi connectivity index (χ2n) is 5.98. The summed E-state index contributed by atoms with van der Waals surface area (Å²) in [5.41, 5.74) is 1.00. The first-order chi connectivity index (χ1) is 11.7. The Labute approximate surface area is 154 Å². The van der Waals surface area contributed by atoms with E-state index in [4.69, 9.17) is 11.6 Å². The van der Waals surface area contributed by atoms with E-state index in [2.05, 4.69) is 10.6 Å². The lowest BCUT2D eigenvalue weighted by Gasteiger charge is -2.26. The van der Waals surface area contributed by atoms with Crippen molar-refractivity contribution in [1.82, 2.24) is 15.5 Å². The van der Waals surface area contributed by atoms with Gasteiger partial charge >= 0.3 is 12.2 Å². The Morgan fingerprint density at radius 2 is 2.20 bits per heavy atom. The second kappa shape index (κ2) is 9.00. The SMILES string of the molecule is CN(CCCNC(=O)NC1CCSc2ccc(Cl)cc21)CC(F)(F)F. The quantitative estimate of drug-likeness (QED) is 0.714. The van der Waals surface area contributed by atoms with Crippen LogP contribution >= 0.6 is 23.4 Å². The fraction of sp³-hybridized carbons (Fsp3) is 0.562. The molecule has 0 saturated carbocycles. The third-order valence-electron chi connectivity index (χ3n) is 3.77. The first kappa shape index (κ1) is 20.2. The van der Waals surface area contributed by atoms with E-state index in [0.717, 1.165) is 22.6 Å². The van der Waals surface area contributed by atoms with Crippen molar-refractivity contribution in [2.45, 2.75) is 30.0 Å². The average molecular weight is 396 g/mol. The number of rotatable bonds is 6. The molecule has 1 aromatic carbocycles. The Morgan fingerprint density at radius 1 is 1.44 bits per heavy atom. The summed E-state index contributed by atoms with van der Waals surface area (Å²) in [6, 6.07) is 5.21. The largest absolute Gasteiger partial charge is 0.401 e. The maximum absolute atomic E-state index is 12.2. The van der Waals surface area contributed by atoms with Gasteiger partial charge in [0.05, 0.1) is 12.6 Å². The van der Waals surface area contributed by atoms with Crippen molar-refractivity contribution in [2.24, 2.45) is 0 Å². The molecular weight excluding hydrogens is 375 g/mol. The van der Waals surface area contributed by atoms with E-state index in [0.29, 0.717) is 18.0 Å². The zero-order chi connectivity index (χ0) is 18.4. The van der Waals surface area contributed by atoms with Gasteiger partial charge < -0.3 is 10.6 Å². The van der Waals surface area contributed by atoms with Crippen LogP contribution in [0.5, 0.6) is 0 Å². The lowest BCUT2D eigenvalue weighted by Crippen LogP contribution is -2.40. The molecule has 2 N–H and O–H groups in total. The van der Waals surface area contributed by atoms with Crippen molar-refractivity contribution in [3.05, 3.63) is 28.8 Å². The highest BCUT2D eigenvalue weighted by atomic mass is 35.5. The minimum Gasteiger partial charge on any atom is -0.338 e. The fourth-order valence-electron chi connectivity index (χ4n) is 2.66. The molecule has 0 aromatic heterocycles. The average Bonchev–Trinajstić information content (AvgIpc) is 2.50. The predicted molar refractivity (Wildman–Crippen MR) is 94.2 cm³/mol. The molecular formula is C16H21ClF3N3OS. The highest BCUT2D eigenvalue weighted by Crippen LogP contribution is 2.37. The van der Waals surface area contributed by atoms with Gasteiger partial charge in [0.15, 0.2) is 0 Å². The summed E-state index contributed by atoms with van der Waals surface area (Å²) >= 11 is 7.76. The van der Waals surface area contributed by atoms with E-state index in [9.17, 15) is 18.0 Å². The van der Waals surface area contributed by atoms with E-state index in [-0.39, 0.29) is 18.6 Å². The zero-order valence-electron chi connectivity index (χ0n) is 13.8. The molecule has 0 spiro atoms. The molecule has 2 amide bonds. The number of amides is 2. The van der Waals surface area contributed by atoms with E-state index >= 15 is 0 Å². The number of halogens is 4. The highest BCUT2D eigenvalue weighted by Gasteiger charge is 2.28. The monoisotopic (exact) mass is 395 g/mol. The van der Waals surface area contributed by atoms with Crippen LogP contribution in [0.1, 0.15) is 24.4 Å². The molecule has 0 fully saturated rings. The number of nitrogens with one attached hydrogen (secondary N) is 2. The van der Waals surface area contributed by atoms with Crippen molar-refractivity contribution in [3.63, 3.8) is 0 Å². The molecule has 1 aliphatic rings. The van der Waals surface area contributed by atoms with Crippen LogP contribution in [-0.2, 0) is 0 Å². The summed E-state index contributed by atoms with van der Waals surface area (Å²) in [7, 11) is 1.41. The number of urea groups is 1. The Kier molecular flexibility index (Phi) is 7.27. The summed E-state index contributed by atoms with van der Waals surface area (Å²) in [5, 5.41) is 6.23. The number of carbonyl (C=O) groups excluding carboxylic acids is 1. The molecule has 4 nitrogen and oxygen atoms in total. The molecule has 0 aliphatic carbocycles. The molecule has 0 radical (unpaired) electrons. The van der Waals surface area contributed by atoms with E-state index < -0.39 is 12.7 Å². The standard InChI is InChI=1S/C16H21ClF3N3OS/c1-23(10-16(18,19)20)7-2-6-21-15(24)22-13-5-8-25-14-4-3-11(17)9-12(13)14/h3-4,9,13H,2,5-8,10H2,1H3,(H2,21,22,24). The summed E-state index contributed by atoms with van der Waals surface area (Å²) < 4.78 is 36.7. The van der Waals surface area contributed by atoms with Gasteiger partial charge in [-0.3, -0.25) is 4.90 Å². The smallest absolute Gasteiger partial charge is 0.338 e. The van der Waals surface area contributed by atoms with Crippen LogP contribution in [0.3, 0.4) is 0 Å². The molecule has 1 aliphatic heterocycles. The zero-order valence-corrected chi connectivity index (χ0v) is 15.4. The lowest BCUT2D eigenvalue weighted by molar-refractivity contribution is -0.143. The van der Waals surface area contributed by atoms with Gasteiger partial charge in [-0.1, -0.05) is 11.6 Å². The Balaban J connectivity index is 1.74. The lowest BCUT2D eigenvalue weighted by atomic mass is 10.0.